The Bertz CT molecular complexity index is 1120. The van der Waals surface area contributed by atoms with Crippen molar-refractivity contribution in [3.05, 3.63) is 95.6 Å². The molecule has 0 saturated carbocycles. The predicted octanol–water partition coefficient (Wildman–Crippen LogP) is 3.74. The largest absolute Gasteiger partial charge is 0.322 e. The second-order valence-electron chi connectivity index (χ2n) is 5.95. The van der Waals surface area contributed by atoms with Crippen LogP contribution in [0.2, 0.25) is 0 Å². The highest BCUT2D eigenvalue weighted by Crippen LogP contribution is 2.14. The molecule has 27 heavy (non-hydrogen) atoms. The minimum atomic E-state index is -3.29. The molecular weight excluding hydrogens is 358 g/mol. The van der Waals surface area contributed by atoms with Gasteiger partial charge in [0.15, 0.2) is 9.84 Å². The van der Waals surface area contributed by atoms with Crippen molar-refractivity contribution in [2.45, 2.75) is 4.90 Å². The van der Waals surface area contributed by atoms with Crippen LogP contribution >= 0.6 is 0 Å². The zero-order valence-corrected chi connectivity index (χ0v) is 15.5. The standard InChI is InChI=1S/C22H17NO3S/c1-27(25,26)21-14-12-19(13-15-21)22(24)23-20-9-5-8-18(16-20)11-10-17-6-3-2-4-7-17/h2-9,12-16H,1H3,(H,23,24). The van der Waals surface area contributed by atoms with E-state index >= 15 is 0 Å². The fourth-order valence-electron chi connectivity index (χ4n) is 2.40. The average molecular weight is 375 g/mol. The quantitative estimate of drug-likeness (QED) is 0.709. The van der Waals surface area contributed by atoms with Gasteiger partial charge in [0, 0.05) is 28.6 Å². The maximum Gasteiger partial charge on any atom is 0.255 e. The van der Waals surface area contributed by atoms with Crippen LogP contribution in [0.5, 0.6) is 0 Å². The van der Waals surface area contributed by atoms with Gasteiger partial charge in [-0.05, 0) is 54.6 Å². The predicted molar refractivity (Wildman–Crippen MR) is 106 cm³/mol. The highest BCUT2D eigenvalue weighted by atomic mass is 32.2. The molecule has 0 atom stereocenters. The van der Waals surface area contributed by atoms with Gasteiger partial charge in [0.25, 0.3) is 5.91 Å². The first kappa shape index (κ1) is 18.4. The number of rotatable bonds is 3. The van der Waals surface area contributed by atoms with Crippen molar-refractivity contribution in [2.75, 3.05) is 11.6 Å². The van der Waals surface area contributed by atoms with Crippen LogP contribution in [-0.2, 0) is 9.84 Å². The molecule has 1 amide bonds. The van der Waals surface area contributed by atoms with E-state index in [1.54, 1.807) is 12.1 Å². The van der Waals surface area contributed by atoms with Gasteiger partial charge in [-0.25, -0.2) is 8.42 Å². The first-order valence-corrected chi connectivity index (χ1v) is 10.1. The Morgan fingerprint density at radius 2 is 1.44 bits per heavy atom. The SMILES string of the molecule is CS(=O)(=O)c1ccc(C(=O)Nc2cccc(C#Cc3ccccc3)c2)cc1. The topological polar surface area (TPSA) is 63.2 Å². The maximum absolute atomic E-state index is 12.4. The summed E-state index contributed by atoms with van der Waals surface area (Å²) in [4.78, 5) is 12.5. The number of carbonyl (C=O) groups excluding carboxylic acids is 1. The molecule has 5 heteroatoms. The lowest BCUT2D eigenvalue weighted by atomic mass is 10.1. The summed E-state index contributed by atoms with van der Waals surface area (Å²) in [6, 6.07) is 22.7. The van der Waals surface area contributed by atoms with Crippen LogP contribution in [0.15, 0.2) is 83.8 Å². The van der Waals surface area contributed by atoms with Crippen molar-refractivity contribution >= 4 is 21.4 Å². The van der Waals surface area contributed by atoms with Crippen LogP contribution in [-0.4, -0.2) is 20.6 Å². The summed E-state index contributed by atoms with van der Waals surface area (Å²) in [7, 11) is -3.29. The van der Waals surface area contributed by atoms with E-state index < -0.39 is 9.84 Å². The Labute approximate surface area is 158 Å². The van der Waals surface area contributed by atoms with E-state index in [2.05, 4.69) is 17.2 Å². The van der Waals surface area contributed by atoms with Crippen molar-refractivity contribution < 1.29 is 13.2 Å². The third-order valence-corrected chi connectivity index (χ3v) is 4.92. The molecule has 0 saturated heterocycles. The minimum Gasteiger partial charge on any atom is -0.322 e. The molecular formula is C22H17NO3S. The van der Waals surface area contributed by atoms with Gasteiger partial charge in [0.2, 0.25) is 0 Å². The fourth-order valence-corrected chi connectivity index (χ4v) is 3.03. The van der Waals surface area contributed by atoms with E-state index in [4.69, 9.17) is 0 Å². The Hall–Kier alpha value is -3.36. The molecule has 1 N–H and O–H groups in total. The van der Waals surface area contributed by atoms with Crippen LogP contribution in [0, 0.1) is 11.8 Å². The number of sulfone groups is 1. The van der Waals surface area contributed by atoms with E-state index in [1.165, 1.54) is 24.3 Å². The van der Waals surface area contributed by atoms with Gasteiger partial charge in [0.05, 0.1) is 4.90 Å². The molecule has 0 unspecified atom stereocenters. The van der Waals surface area contributed by atoms with Gasteiger partial charge in [-0.2, -0.15) is 0 Å². The number of hydrogen-bond donors (Lipinski definition) is 1. The van der Waals surface area contributed by atoms with E-state index in [1.807, 2.05) is 42.5 Å². The lowest BCUT2D eigenvalue weighted by Crippen LogP contribution is -2.12. The Kier molecular flexibility index (Phi) is 5.39. The molecule has 0 fully saturated rings. The van der Waals surface area contributed by atoms with E-state index in [0.717, 1.165) is 17.4 Å². The van der Waals surface area contributed by atoms with Gasteiger partial charge in [-0.1, -0.05) is 36.1 Å². The zero-order chi connectivity index (χ0) is 19.3. The second kappa shape index (κ2) is 7.90. The lowest BCUT2D eigenvalue weighted by molar-refractivity contribution is 0.102. The second-order valence-corrected chi connectivity index (χ2v) is 7.96. The normalized spacial score (nSPS) is 10.6. The van der Waals surface area contributed by atoms with E-state index in [-0.39, 0.29) is 10.8 Å². The molecule has 4 nitrogen and oxygen atoms in total. The average Bonchev–Trinajstić information content (AvgIpc) is 2.67. The van der Waals surface area contributed by atoms with Crippen molar-refractivity contribution in [1.82, 2.24) is 0 Å². The Morgan fingerprint density at radius 3 is 2.11 bits per heavy atom. The van der Waals surface area contributed by atoms with Crippen LogP contribution in [0.25, 0.3) is 0 Å². The van der Waals surface area contributed by atoms with E-state index in [0.29, 0.717) is 11.3 Å². The van der Waals surface area contributed by atoms with Crippen LogP contribution in [0.1, 0.15) is 21.5 Å². The fraction of sp³-hybridized carbons (Fsp3) is 0.0455. The van der Waals surface area contributed by atoms with Gasteiger partial charge in [-0.3, -0.25) is 4.79 Å². The summed E-state index contributed by atoms with van der Waals surface area (Å²) in [5.41, 5.74) is 2.69. The molecule has 3 aromatic carbocycles. The minimum absolute atomic E-state index is 0.178. The molecule has 0 heterocycles. The molecule has 0 aliphatic heterocycles. The highest BCUT2D eigenvalue weighted by molar-refractivity contribution is 7.90. The van der Waals surface area contributed by atoms with Gasteiger partial charge in [0.1, 0.15) is 0 Å². The van der Waals surface area contributed by atoms with Crippen LogP contribution in [0.4, 0.5) is 5.69 Å². The number of anilines is 1. The zero-order valence-electron chi connectivity index (χ0n) is 14.6. The maximum atomic E-state index is 12.4. The third-order valence-electron chi connectivity index (χ3n) is 3.79. The van der Waals surface area contributed by atoms with Gasteiger partial charge >= 0.3 is 0 Å². The molecule has 134 valence electrons. The summed E-state index contributed by atoms with van der Waals surface area (Å²) < 4.78 is 23.0. The molecule has 0 aromatic heterocycles. The lowest BCUT2D eigenvalue weighted by Gasteiger charge is -2.06. The van der Waals surface area contributed by atoms with Gasteiger partial charge < -0.3 is 5.32 Å². The molecule has 0 aliphatic rings. The van der Waals surface area contributed by atoms with Gasteiger partial charge in [-0.15, -0.1) is 0 Å². The number of amides is 1. The van der Waals surface area contributed by atoms with Crippen molar-refractivity contribution in [3.63, 3.8) is 0 Å². The Morgan fingerprint density at radius 1 is 0.815 bits per heavy atom. The molecule has 0 bridgehead atoms. The summed E-state index contributed by atoms with van der Waals surface area (Å²) in [5, 5.41) is 2.80. The smallest absolute Gasteiger partial charge is 0.255 e. The molecule has 3 rings (SSSR count). The number of benzene rings is 3. The van der Waals surface area contributed by atoms with Crippen LogP contribution < -0.4 is 5.32 Å². The summed E-state index contributed by atoms with van der Waals surface area (Å²) in [6.07, 6.45) is 1.13. The van der Waals surface area contributed by atoms with Crippen LogP contribution in [0.3, 0.4) is 0 Å². The molecule has 0 aliphatic carbocycles. The molecule has 3 aromatic rings. The highest BCUT2D eigenvalue weighted by Gasteiger charge is 2.10. The first-order chi connectivity index (χ1) is 12.9. The third kappa shape index (κ3) is 5.06. The number of hydrogen-bond acceptors (Lipinski definition) is 3. The summed E-state index contributed by atoms with van der Waals surface area (Å²) in [5.74, 6) is 5.83. The Balaban J connectivity index is 1.74. The number of nitrogens with one attached hydrogen (secondary N) is 1. The summed E-state index contributed by atoms with van der Waals surface area (Å²) >= 11 is 0. The first-order valence-electron chi connectivity index (χ1n) is 8.20. The molecule has 0 spiro atoms. The van der Waals surface area contributed by atoms with E-state index in [9.17, 15) is 13.2 Å². The van der Waals surface area contributed by atoms with Crippen molar-refractivity contribution in [1.29, 1.82) is 0 Å². The van der Waals surface area contributed by atoms with Crippen molar-refractivity contribution in [3.8, 4) is 11.8 Å². The molecule has 0 radical (unpaired) electrons. The van der Waals surface area contributed by atoms with Crippen molar-refractivity contribution in [2.24, 2.45) is 0 Å². The number of carbonyl (C=O) groups is 1. The summed E-state index contributed by atoms with van der Waals surface area (Å²) in [6.45, 7) is 0. The monoisotopic (exact) mass is 375 g/mol.